The first-order valence-corrected chi connectivity index (χ1v) is 6.74. The van der Waals surface area contributed by atoms with Gasteiger partial charge in [0.25, 0.3) is 5.91 Å². The van der Waals surface area contributed by atoms with Crippen molar-refractivity contribution in [3.8, 4) is 0 Å². The number of nitrogens with zero attached hydrogens (tertiary/aromatic N) is 2. The molecule has 1 aromatic carbocycles. The third-order valence-corrected chi connectivity index (χ3v) is 3.50. The van der Waals surface area contributed by atoms with Crippen molar-refractivity contribution in [1.82, 2.24) is 15.4 Å². The molecule has 0 saturated carbocycles. The maximum Gasteiger partial charge on any atom is 0.284 e. The summed E-state index contributed by atoms with van der Waals surface area (Å²) in [7, 11) is 0. The van der Waals surface area contributed by atoms with Gasteiger partial charge in [-0.15, -0.1) is 0 Å². The number of carbonyl (C=O) groups excluding carboxylic acids is 1. The molecule has 2 heterocycles. The highest BCUT2D eigenvalue weighted by Crippen LogP contribution is 2.16. The highest BCUT2D eigenvalue weighted by molar-refractivity contribution is 6.04. The minimum Gasteiger partial charge on any atom is -0.283 e. The monoisotopic (exact) mass is 255 g/mol. The van der Waals surface area contributed by atoms with E-state index < -0.39 is 0 Å². The molecule has 1 amide bonds. The molecule has 4 heteroatoms. The SMILES string of the molecule is O=C(NN1CCCCC1)c1nccc2ccccc12. The molecule has 1 aromatic heterocycles. The smallest absolute Gasteiger partial charge is 0.283 e. The second-order valence-electron chi connectivity index (χ2n) is 4.87. The molecule has 98 valence electrons. The molecular weight excluding hydrogens is 238 g/mol. The Hall–Kier alpha value is -1.94. The lowest BCUT2D eigenvalue weighted by molar-refractivity contribution is 0.0747. The summed E-state index contributed by atoms with van der Waals surface area (Å²) < 4.78 is 0. The lowest BCUT2D eigenvalue weighted by atomic mass is 10.1. The van der Waals surface area contributed by atoms with Crippen molar-refractivity contribution in [3.63, 3.8) is 0 Å². The summed E-state index contributed by atoms with van der Waals surface area (Å²) >= 11 is 0. The van der Waals surface area contributed by atoms with Crippen LogP contribution in [0.4, 0.5) is 0 Å². The van der Waals surface area contributed by atoms with Gasteiger partial charge in [-0.3, -0.25) is 15.2 Å². The van der Waals surface area contributed by atoms with Crippen LogP contribution in [0.1, 0.15) is 29.8 Å². The molecule has 0 bridgehead atoms. The van der Waals surface area contributed by atoms with Crippen LogP contribution in [0.5, 0.6) is 0 Å². The van der Waals surface area contributed by atoms with E-state index in [1.54, 1.807) is 6.20 Å². The lowest BCUT2D eigenvalue weighted by Crippen LogP contribution is -2.45. The molecule has 2 aromatic rings. The second kappa shape index (κ2) is 5.36. The van der Waals surface area contributed by atoms with Gasteiger partial charge in [-0.05, 0) is 24.3 Å². The van der Waals surface area contributed by atoms with Crippen LogP contribution in [0.15, 0.2) is 36.5 Å². The van der Waals surface area contributed by atoms with Crippen molar-refractivity contribution in [3.05, 3.63) is 42.2 Å². The Morgan fingerprint density at radius 3 is 2.74 bits per heavy atom. The maximum atomic E-state index is 12.3. The number of piperidine rings is 1. The predicted octanol–water partition coefficient (Wildman–Crippen LogP) is 2.37. The van der Waals surface area contributed by atoms with E-state index >= 15 is 0 Å². The number of fused-ring (bicyclic) bond motifs is 1. The van der Waals surface area contributed by atoms with Crippen LogP contribution in [0.25, 0.3) is 10.8 Å². The summed E-state index contributed by atoms with van der Waals surface area (Å²) in [6.45, 7) is 1.85. The van der Waals surface area contributed by atoms with Crippen LogP contribution in [-0.4, -0.2) is 29.0 Å². The highest BCUT2D eigenvalue weighted by atomic mass is 16.2. The van der Waals surface area contributed by atoms with Crippen molar-refractivity contribution in [1.29, 1.82) is 0 Å². The Kier molecular flexibility index (Phi) is 3.42. The van der Waals surface area contributed by atoms with Gasteiger partial charge in [0, 0.05) is 24.7 Å². The van der Waals surface area contributed by atoms with Gasteiger partial charge < -0.3 is 0 Å². The molecule has 1 saturated heterocycles. The van der Waals surface area contributed by atoms with Crippen molar-refractivity contribution < 1.29 is 4.79 Å². The fourth-order valence-electron chi connectivity index (χ4n) is 2.50. The van der Waals surface area contributed by atoms with Gasteiger partial charge in [-0.1, -0.05) is 30.7 Å². The Bertz CT molecular complexity index is 585. The Labute approximate surface area is 112 Å². The minimum absolute atomic E-state index is 0.112. The molecule has 1 N–H and O–H groups in total. The van der Waals surface area contributed by atoms with Crippen LogP contribution < -0.4 is 5.43 Å². The van der Waals surface area contributed by atoms with Crippen molar-refractivity contribution >= 4 is 16.7 Å². The second-order valence-corrected chi connectivity index (χ2v) is 4.87. The summed E-state index contributed by atoms with van der Waals surface area (Å²) in [6.07, 6.45) is 5.22. The van der Waals surface area contributed by atoms with Crippen LogP contribution in [0.2, 0.25) is 0 Å². The number of nitrogens with one attached hydrogen (secondary N) is 1. The van der Waals surface area contributed by atoms with E-state index in [9.17, 15) is 4.79 Å². The maximum absolute atomic E-state index is 12.3. The molecule has 0 radical (unpaired) electrons. The molecule has 1 aliphatic rings. The summed E-state index contributed by atoms with van der Waals surface area (Å²) in [5.41, 5.74) is 3.46. The third-order valence-electron chi connectivity index (χ3n) is 3.50. The average molecular weight is 255 g/mol. The first kappa shape index (κ1) is 12.1. The molecule has 0 aliphatic carbocycles. The van der Waals surface area contributed by atoms with Gasteiger partial charge in [0.15, 0.2) is 0 Å². The molecule has 3 rings (SSSR count). The molecule has 4 nitrogen and oxygen atoms in total. The number of pyridine rings is 1. The number of benzene rings is 1. The van der Waals surface area contributed by atoms with Crippen molar-refractivity contribution in [2.24, 2.45) is 0 Å². The Morgan fingerprint density at radius 1 is 1.11 bits per heavy atom. The molecule has 1 fully saturated rings. The number of hydrazine groups is 1. The van der Waals surface area contributed by atoms with Gasteiger partial charge in [0.05, 0.1) is 0 Å². The van der Waals surface area contributed by atoms with E-state index in [0.717, 1.165) is 36.7 Å². The van der Waals surface area contributed by atoms with Gasteiger partial charge in [-0.2, -0.15) is 0 Å². The van der Waals surface area contributed by atoms with E-state index in [0.29, 0.717) is 5.69 Å². The third kappa shape index (κ3) is 2.58. The van der Waals surface area contributed by atoms with E-state index in [1.165, 1.54) is 6.42 Å². The van der Waals surface area contributed by atoms with Crippen LogP contribution in [-0.2, 0) is 0 Å². The molecule has 0 atom stereocenters. The summed E-state index contributed by atoms with van der Waals surface area (Å²) in [5.74, 6) is -0.112. The minimum atomic E-state index is -0.112. The number of carbonyl (C=O) groups is 1. The highest BCUT2D eigenvalue weighted by Gasteiger charge is 2.16. The summed E-state index contributed by atoms with van der Waals surface area (Å²) in [6, 6.07) is 9.76. The number of hydrogen-bond acceptors (Lipinski definition) is 3. The Morgan fingerprint density at radius 2 is 1.89 bits per heavy atom. The van der Waals surface area contributed by atoms with Crippen molar-refractivity contribution in [2.45, 2.75) is 19.3 Å². The molecule has 0 unspecified atom stereocenters. The van der Waals surface area contributed by atoms with E-state index in [1.807, 2.05) is 35.3 Å². The predicted molar refractivity (Wildman–Crippen MR) is 74.6 cm³/mol. The van der Waals surface area contributed by atoms with E-state index in [2.05, 4.69) is 10.4 Å². The normalized spacial score (nSPS) is 16.4. The van der Waals surface area contributed by atoms with Crippen molar-refractivity contribution in [2.75, 3.05) is 13.1 Å². The zero-order valence-electron chi connectivity index (χ0n) is 10.8. The molecule has 19 heavy (non-hydrogen) atoms. The summed E-state index contributed by atoms with van der Waals surface area (Å²) in [4.78, 5) is 16.5. The number of aromatic nitrogens is 1. The molecule has 0 spiro atoms. The van der Waals surface area contributed by atoms with Gasteiger partial charge in [0.1, 0.15) is 5.69 Å². The number of hydrogen-bond donors (Lipinski definition) is 1. The zero-order valence-corrected chi connectivity index (χ0v) is 10.8. The Balaban J connectivity index is 1.85. The van der Waals surface area contributed by atoms with Gasteiger partial charge in [0.2, 0.25) is 0 Å². The molecule has 1 aliphatic heterocycles. The number of amides is 1. The van der Waals surface area contributed by atoms with Crippen LogP contribution >= 0.6 is 0 Å². The topological polar surface area (TPSA) is 45.2 Å². The number of rotatable bonds is 2. The zero-order chi connectivity index (χ0) is 13.1. The lowest BCUT2D eigenvalue weighted by Gasteiger charge is -2.26. The van der Waals surface area contributed by atoms with E-state index in [4.69, 9.17) is 0 Å². The first-order valence-electron chi connectivity index (χ1n) is 6.74. The standard InChI is InChI=1S/C15H17N3O/c19-15(17-18-10-4-1-5-11-18)14-13-7-3-2-6-12(13)8-9-16-14/h2-3,6-9H,1,4-5,10-11H2,(H,17,19). The van der Waals surface area contributed by atoms with Gasteiger partial charge >= 0.3 is 0 Å². The summed E-state index contributed by atoms with van der Waals surface area (Å²) in [5, 5.41) is 3.94. The van der Waals surface area contributed by atoms with E-state index in [-0.39, 0.29) is 5.91 Å². The first-order chi connectivity index (χ1) is 9.34. The van der Waals surface area contributed by atoms with Gasteiger partial charge in [-0.25, -0.2) is 5.01 Å². The largest absolute Gasteiger partial charge is 0.284 e. The fraction of sp³-hybridized carbons (Fsp3) is 0.333. The molecular formula is C15H17N3O. The van der Waals surface area contributed by atoms with Crippen LogP contribution in [0.3, 0.4) is 0 Å². The van der Waals surface area contributed by atoms with Crippen LogP contribution in [0, 0.1) is 0 Å². The fourth-order valence-corrected chi connectivity index (χ4v) is 2.50. The average Bonchev–Trinajstić information content (AvgIpc) is 2.47. The quantitative estimate of drug-likeness (QED) is 0.896.